The Hall–Kier alpha value is -0.0800. The van der Waals surface area contributed by atoms with Crippen LogP contribution in [-0.4, -0.2) is 20.0 Å². The molecule has 0 aromatic carbocycles. The van der Waals surface area contributed by atoms with Crippen LogP contribution in [0.5, 0.6) is 0 Å². The number of ether oxygens (including phenoxy) is 2. The first-order valence-electron chi connectivity index (χ1n) is 8.44. The van der Waals surface area contributed by atoms with E-state index >= 15 is 0 Å². The molecule has 19 heavy (non-hydrogen) atoms. The molecule has 0 amide bonds. The quantitative estimate of drug-likeness (QED) is 0.624. The van der Waals surface area contributed by atoms with Crippen molar-refractivity contribution >= 4 is 0 Å². The van der Waals surface area contributed by atoms with Crippen molar-refractivity contribution in [1.29, 1.82) is 0 Å². The van der Waals surface area contributed by atoms with Crippen molar-refractivity contribution in [3.8, 4) is 0 Å². The van der Waals surface area contributed by atoms with E-state index in [1.807, 2.05) is 0 Å². The molecule has 4 aliphatic carbocycles. The molecule has 5 aliphatic rings. The highest BCUT2D eigenvalue weighted by atomic mass is 16.7. The maximum atomic E-state index is 5.82. The first-order chi connectivity index (χ1) is 9.28. The molecule has 1 heterocycles. The van der Waals surface area contributed by atoms with E-state index in [0.717, 1.165) is 54.6 Å². The van der Waals surface area contributed by atoms with E-state index in [0.29, 0.717) is 12.2 Å². The lowest BCUT2D eigenvalue weighted by Gasteiger charge is -2.47. The SMILES string of the molecule is CC1CC2CC1C1C2C2CC1C1(CCOCOC1)C2. The van der Waals surface area contributed by atoms with Gasteiger partial charge in [0.25, 0.3) is 0 Å². The summed E-state index contributed by atoms with van der Waals surface area (Å²) in [6.07, 6.45) is 7.36. The first kappa shape index (κ1) is 11.6. The van der Waals surface area contributed by atoms with Crippen LogP contribution in [0.1, 0.15) is 39.0 Å². The topological polar surface area (TPSA) is 18.5 Å². The lowest BCUT2D eigenvalue weighted by atomic mass is 9.58. The Kier molecular flexibility index (Phi) is 2.29. The van der Waals surface area contributed by atoms with Gasteiger partial charge in [-0.2, -0.15) is 0 Å². The molecular formula is C17H26O2. The Bertz CT molecular complexity index is 385. The number of rotatable bonds is 0. The molecule has 0 aromatic rings. The Morgan fingerprint density at radius 2 is 1.95 bits per heavy atom. The number of hydrogen-bond acceptors (Lipinski definition) is 2. The highest BCUT2D eigenvalue weighted by molar-refractivity contribution is 5.16. The molecular weight excluding hydrogens is 236 g/mol. The van der Waals surface area contributed by atoms with Gasteiger partial charge in [-0.05, 0) is 78.9 Å². The van der Waals surface area contributed by atoms with Crippen LogP contribution in [0.25, 0.3) is 0 Å². The van der Waals surface area contributed by atoms with Gasteiger partial charge >= 0.3 is 0 Å². The normalized spacial score (nSPS) is 62.7. The van der Waals surface area contributed by atoms with Gasteiger partial charge in [-0.15, -0.1) is 0 Å². The van der Waals surface area contributed by atoms with Crippen molar-refractivity contribution in [1.82, 2.24) is 0 Å². The fourth-order valence-corrected chi connectivity index (χ4v) is 7.40. The van der Waals surface area contributed by atoms with Crippen LogP contribution in [0.2, 0.25) is 0 Å². The minimum atomic E-state index is 0.506. The Morgan fingerprint density at radius 1 is 1.00 bits per heavy atom. The monoisotopic (exact) mass is 262 g/mol. The maximum absolute atomic E-state index is 5.82. The van der Waals surface area contributed by atoms with Crippen LogP contribution >= 0.6 is 0 Å². The van der Waals surface area contributed by atoms with E-state index in [9.17, 15) is 0 Å². The molecule has 0 aromatic heterocycles. The standard InChI is InChI=1S/C17H26O2/c1-10-4-11-5-13(10)16-14-6-12(15(11)16)7-17(14)2-3-18-9-19-8-17/h10-16H,2-9H2,1H3. The zero-order valence-electron chi connectivity index (χ0n) is 12.0. The second-order valence-corrected chi connectivity index (χ2v) is 8.32. The van der Waals surface area contributed by atoms with Gasteiger partial charge in [-0.1, -0.05) is 6.92 Å². The molecule has 4 saturated carbocycles. The summed E-state index contributed by atoms with van der Waals surface area (Å²) in [4.78, 5) is 0. The van der Waals surface area contributed by atoms with Crippen LogP contribution in [0, 0.1) is 46.8 Å². The fraction of sp³-hybridized carbons (Fsp3) is 1.00. The predicted octanol–water partition coefficient (Wildman–Crippen LogP) is 3.32. The van der Waals surface area contributed by atoms with Crippen molar-refractivity contribution in [3.05, 3.63) is 0 Å². The van der Waals surface area contributed by atoms with Crippen LogP contribution in [0.4, 0.5) is 0 Å². The largest absolute Gasteiger partial charge is 0.355 e. The second kappa shape index (κ2) is 3.76. The van der Waals surface area contributed by atoms with Crippen LogP contribution in [0.3, 0.4) is 0 Å². The third kappa shape index (κ3) is 1.35. The summed E-state index contributed by atoms with van der Waals surface area (Å²) in [5.74, 6) is 7.36. The van der Waals surface area contributed by atoms with E-state index in [2.05, 4.69) is 6.92 Å². The van der Waals surface area contributed by atoms with Gasteiger partial charge in [0, 0.05) is 0 Å². The summed E-state index contributed by atoms with van der Waals surface area (Å²) < 4.78 is 11.4. The molecule has 0 N–H and O–H groups in total. The van der Waals surface area contributed by atoms with Gasteiger partial charge in [-0.25, -0.2) is 0 Å². The molecule has 2 nitrogen and oxygen atoms in total. The van der Waals surface area contributed by atoms with Gasteiger partial charge in [0.15, 0.2) is 0 Å². The smallest absolute Gasteiger partial charge is 0.146 e. The van der Waals surface area contributed by atoms with Crippen LogP contribution < -0.4 is 0 Å². The summed E-state index contributed by atoms with van der Waals surface area (Å²) in [7, 11) is 0. The molecule has 4 bridgehead atoms. The molecule has 8 atom stereocenters. The lowest BCUT2D eigenvalue weighted by Crippen LogP contribution is -2.43. The Labute approximate surface area is 116 Å². The van der Waals surface area contributed by atoms with E-state index in [1.54, 1.807) is 12.8 Å². The summed E-state index contributed by atoms with van der Waals surface area (Å²) in [5.41, 5.74) is 0.506. The molecule has 106 valence electrons. The van der Waals surface area contributed by atoms with E-state index in [1.165, 1.54) is 19.3 Å². The predicted molar refractivity (Wildman–Crippen MR) is 72.4 cm³/mol. The second-order valence-electron chi connectivity index (χ2n) is 8.32. The van der Waals surface area contributed by atoms with Gasteiger partial charge in [0.2, 0.25) is 0 Å². The molecule has 8 unspecified atom stereocenters. The van der Waals surface area contributed by atoms with Crippen LogP contribution in [0.15, 0.2) is 0 Å². The lowest BCUT2D eigenvalue weighted by molar-refractivity contribution is -0.0647. The highest BCUT2D eigenvalue weighted by Gasteiger charge is 2.67. The van der Waals surface area contributed by atoms with Gasteiger partial charge in [-0.3, -0.25) is 0 Å². The Morgan fingerprint density at radius 3 is 2.89 bits per heavy atom. The van der Waals surface area contributed by atoms with Gasteiger partial charge in [0.1, 0.15) is 6.79 Å². The number of hydrogen-bond donors (Lipinski definition) is 0. The molecule has 5 fully saturated rings. The average Bonchev–Trinajstić information content (AvgIpc) is 3.06. The third-order valence-corrected chi connectivity index (χ3v) is 7.78. The Balaban J connectivity index is 1.49. The van der Waals surface area contributed by atoms with Crippen molar-refractivity contribution in [2.75, 3.05) is 20.0 Å². The van der Waals surface area contributed by atoms with Crippen molar-refractivity contribution in [2.45, 2.75) is 39.0 Å². The minimum absolute atomic E-state index is 0.506. The summed E-state index contributed by atoms with van der Waals surface area (Å²) >= 11 is 0. The summed E-state index contributed by atoms with van der Waals surface area (Å²) in [6.45, 7) is 4.98. The van der Waals surface area contributed by atoms with Gasteiger partial charge < -0.3 is 9.47 Å². The zero-order valence-corrected chi connectivity index (χ0v) is 12.0. The molecule has 5 rings (SSSR count). The van der Waals surface area contributed by atoms with E-state index in [4.69, 9.17) is 9.47 Å². The van der Waals surface area contributed by atoms with Crippen molar-refractivity contribution in [3.63, 3.8) is 0 Å². The van der Waals surface area contributed by atoms with Crippen molar-refractivity contribution < 1.29 is 9.47 Å². The average molecular weight is 262 g/mol. The number of fused-ring (bicyclic) bond motifs is 10. The minimum Gasteiger partial charge on any atom is -0.355 e. The first-order valence-corrected chi connectivity index (χ1v) is 8.44. The molecule has 2 heteroatoms. The van der Waals surface area contributed by atoms with Gasteiger partial charge in [0.05, 0.1) is 13.2 Å². The van der Waals surface area contributed by atoms with E-state index < -0.39 is 0 Å². The van der Waals surface area contributed by atoms with E-state index in [-0.39, 0.29) is 0 Å². The highest BCUT2D eigenvalue weighted by Crippen LogP contribution is 2.73. The third-order valence-electron chi connectivity index (χ3n) is 7.78. The zero-order chi connectivity index (χ0) is 12.6. The maximum Gasteiger partial charge on any atom is 0.146 e. The molecule has 1 spiro atoms. The summed E-state index contributed by atoms with van der Waals surface area (Å²) in [6, 6.07) is 0. The summed E-state index contributed by atoms with van der Waals surface area (Å²) in [5, 5.41) is 0. The molecule has 0 radical (unpaired) electrons. The van der Waals surface area contributed by atoms with Crippen LogP contribution in [-0.2, 0) is 9.47 Å². The van der Waals surface area contributed by atoms with Crippen molar-refractivity contribution in [2.24, 2.45) is 46.8 Å². The fourth-order valence-electron chi connectivity index (χ4n) is 7.40. The molecule has 1 saturated heterocycles. The molecule has 1 aliphatic heterocycles.